The molecule has 2 aromatic carbocycles. The van der Waals surface area contributed by atoms with E-state index in [1.54, 1.807) is 0 Å². The van der Waals surface area contributed by atoms with Gasteiger partial charge in [-0.1, -0.05) is 23.2 Å². The summed E-state index contributed by atoms with van der Waals surface area (Å²) in [5.41, 5.74) is 5.55. The van der Waals surface area contributed by atoms with Crippen LogP contribution in [0.25, 0.3) is 34.4 Å². The molecule has 0 fully saturated rings. The van der Waals surface area contributed by atoms with E-state index in [0.717, 1.165) is 24.5 Å². The van der Waals surface area contributed by atoms with Gasteiger partial charge in [-0.3, -0.25) is 23.5 Å². The highest BCUT2D eigenvalue weighted by Crippen LogP contribution is 2.35. The van der Waals surface area contributed by atoms with Crippen molar-refractivity contribution in [3.8, 4) is 34.4 Å². The van der Waals surface area contributed by atoms with Crippen LogP contribution in [0.3, 0.4) is 0 Å². The van der Waals surface area contributed by atoms with Crippen molar-refractivity contribution in [2.45, 2.75) is 56.7 Å². The first-order valence-corrected chi connectivity index (χ1v) is 22.0. The number of ketones is 1. The summed E-state index contributed by atoms with van der Waals surface area (Å²) in [6.07, 6.45) is -18.7. The summed E-state index contributed by atoms with van der Waals surface area (Å²) >= 11 is 11.7. The molecular weight excluding hydrogens is 1140 g/mol. The molecule has 37 heteroatoms. The van der Waals surface area contributed by atoms with Crippen LogP contribution in [0.15, 0.2) is 94.8 Å². The molecular formula is C42H28Cl2F12N16O7. The molecule has 0 unspecified atom stereocenters. The predicted molar refractivity (Wildman–Crippen MR) is 242 cm³/mol. The first-order chi connectivity index (χ1) is 36.7. The van der Waals surface area contributed by atoms with Crippen LogP contribution in [-0.2, 0) is 43.3 Å². The lowest BCUT2D eigenvalue weighted by Gasteiger charge is -2.24. The zero-order valence-electron chi connectivity index (χ0n) is 38.6. The third-order valence-corrected chi connectivity index (χ3v) is 10.9. The van der Waals surface area contributed by atoms with Gasteiger partial charge in [-0.2, -0.15) is 62.0 Å². The second-order valence-corrected chi connectivity index (χ2v) is 16.8. The highest BCUT2D eigenvalue weighted by molar-refractivity contribution is 6.30. The second kappa shape index (κ2) is 21.5. The summed E-state index contributed by atoms with van der Waals surface area (Å²) in [4.78, 5) is 76.3. The molecule has 8 rings (SSSR count). The average molecular weight is 1170 g/mol. The zero-order valence-corrected chi connectivity index (χ0v) is 40.1. The Kier molecular flexibility index (Phi) is 15.8. The van der Waals surface area contributed by atoms with Gasteiger partial charge in [0.1, 0.15) is 24.2 Å². The monoisotopic (exact) mass is 1170 g/mol. The summed E-state index contributed by atoms with van der Waals surface area (Å²) in [7, 11) is 0. The van der Waals surface area contributed by atoms with Crippen LogP contribution in [0.1, 0.15) is 44.0 Å². The maximum atomic E-state index is 13.5. The van der Waals surface area contributed by atoms with Gasteiger partial charge in [0.2, 0.25) is 11.6 Å². The fourth-order valence-corrected chi connectivity index (χ4v) is 7.09. The summed E-state index contributed by atoms with van der Waals surface area (Å²) in [5, 5.41) is 35.2. The number of carbonyl (C=O) groups excluding carboxylic acids is 3. The number of hydrogen-bond donors (Lipinski definition) is 4. The number of primary amides is 2. The minimum atomic E-state index is -5.57. The van der Waals surface area contributed by atoms with Crippen molar-refractivity contribution in [1.82, 2.24) is 68.2 Å². The molecule has 0 saturated carbocycles. The zero-order chi connectivity index (χ0) is 58.3. The van der Waals surface area contributed by atoms with Gasteiger partial charge in [-0.15, -0.1) is 20.4 Å². The molecule has 6 N–H and O–H groups in total. The van der Waals surface area contributed by atoms with Crippen molar-refractivity contribution in [2.75, 3.05) is 0 Å². The molecule has 6 heterocycles. The first-order valence-electron chi connectivity index (χ1n) is 21.2. The minimum Gasteiger partial charge on any atom is -0.363 e. The predicted octanol–water partition coefficient (Wildman–Crippen LogP) is 4.39. The van der Waals surface area contributed by atoms with Crippen LogP contribution in [0.2, 0.25) is 10.0 Å². The number of aliphatic hydroxyl groups is 2. The van der Waals surface area contributed by atoms with Gasteiger partial charge in [-0.05, 0) is 72.8 Å². The molecule has 79 heavy (non-hydrogen) atoms. The Hall–Kier alpha value is -8.83. The minimum absolute atomic E-state index is 0.0397. The summed E-state index contributed by atoms with van der Waals surface area (Å²) in [5.74, 6) is -14.2. The molecule has 0 aliphatic rings. The van der Waals surface area contributed by atoms with Crippen molar-refractivity contribution in [1.29, 1.82) is 0 Å². The SMILES string of the molecule is NC(=O)c1nc(Cn2nc(-c3ccc(Cl)cc3)n(CC(=O)C(F)(F)F)c2=O)nn1-c1ncccc1C(F)(F)F.NC(=O)c1nc(Cn2nc(-c3ccc(Cl)cc3)n(CC(O)(O)C(F)(F)F)c2=O)nn1-c1ncccc1C(F)(F)F. The number of amides is 2. The number of benzene rings is 2. The quantitative estimate of drug-likeness (QED) is 0.0867. The van der Waals surface area contributed by atoms with E-state index in [4.69, 9.17) is 34.7 Å². The van der Waals surface area contributed by atoms with Crippen LogP contribution in [0.5, 0.6) is 0 Å². The Labute approximate surface area is 438 Å². The van der Waals surface area contributed by atoms with Gasteiger partial charge in [0, 0.05) is 33.6 Å². The van der Waals surface area contributed by atoms with E-state index in [-0.39, 0.29) is 27.0 Å². The maximum Gasteiger partial charge on any atom is 0.451 e. The third kappa shape index (κ3) is 12.6. The van der Waals surface area contributed by atoms with Crippen LogP contribution < -0.4 is 22.8 Å². The molecule has 2 amide bonds. The fraction of sp³-hybridized carbons (Fsp3) is 0.214. The number of nitrogens with two attached hydrogens (primary N) is 2. The van der Waals surface area contributed by atoms with Crippen LogP contribution in [0, 0.1) is 0 Å². The van der Waals surface area contributed by atoms with Gasteiger partial charge in [0.15, 0.2) is 34.9 Å². The maximum absolute atomic E-state index is 13.5. The number of aromatic nitrogens is 14. The molecule has 23 nitrogen and oxygen atoms in total. The highest BCUT2D eigenvalue weighted by Gasteiger charge is 2.54. The lowest BCUT2D eigenvalue weighted by molar-refractivity contribution is -0.353. The van der Waals surface area contributed by atoms with E-state index < -0.39 is 138 Å². The normalized spacial score (nSPS) is 12.4. The molecule has 416 valence electrons. The number of Topliss-reactive ketones (excluding diaryl/α,β-unsaturated/α-hetero) is 1. The fourth-order valence-electron chi connectivity index (χ4n) is 6.84. The largest absolute Gasteiger partial charge is 0.451 e. The lowest BCUT2D eigenvalue weighted by atomic mass is 10.2. The summed E-state index contributed by atoms with van der Waals surface area (Å²) < 4.78 is 162. The average Bonchev–Trinajstić information content (AvgIpc) is 4.24. The van der Waals surface area contributed by atoms with E-state index >= 15 is 0 Å². The number of carbonyl (C=O) groups is 3. The number of halogens is 14. The number of rotatable bonds is 14. The summed E-state index contributed by atoms with van der Waals surface area (Å²) in [6, 6.07) is 13.9. The van der Waals surface area contributed by atoms with Crippen LogP contribution in [0.4, 0.5) is 52.7 Å². The molecule has 0 atom stereocenters. The van der Waals surface area contributed by atoms with Crippen molar-refractivity contribution >= 4 is 40.8 Å². The number of pyridine rings is 2. The van der Waals surface area contributed by atoms with Crippen molar-refractivity contribution in [3.05, 3.63) is 151 Å². The van der Waals surface area contributed by atoms with Crippen molar-refractivity contribution < 1.29 is 77.3 Å². The number of alkyl halides is 12. The Morgan fingerprint density at radius 3 is 1.29 bits per heavy atom. The van der Waals surface area contributed by atoms with E-state index in [1.807, 2.05) is 0 Å². The summed E-state index contributed by atoms with van der Waals surface area (Å²) in [6.45, 7) is -4.64. The molecule has 0 aliphatic carbocycles. The molecule has 0 spiro atoms. The van der Waals surface area contributed by atoms with Gasteiger partial charge in [-0.25, -0.2) is 38.9 Å². The topological polar surface area (TPSA) is 311 Å². The smallest absolute Gasteiger partial charge is 0.363 e. The third-order valence-electron chi connectivity index (χ3n) is 10.4. The number of hydrogen-bond acceptors (Lipinski definition) is 15. The number of nitrogens with zero attached hydrogens (tertiary/aromatic N) is 14. The molecule has 0 radical (unpaired) electrons. The molecule has 8 aromatic rings. The van der Waals surface area contributed by atoms with Crippen molar-refractivity contribution in [2.24, 2.45) is 11.5 Å². The highest BCUT2D eigenvalue weighted by atomic mass is 35.5. The van der Waals surface area contributed by atoms with Gasteiger partial charge in [0.25, 0.3) is 23.4 Å². The van der Waals surface area contributed by atoms with Crippen LogP contribution in [-0.4, -0.2) is 114 Å². The standard InChI is InChI=1S/C21H15ClF6N8O4.C21H13ClF6N8O3/c22-11-5-3-10(4-6-11)15-33-35(18(38)34(15)9-19(39,40)21(26,27)28)8-13-31-17(14(29)37)36(32-13)16-12(20(23,24)25)2-1-7-30-16;22-11-5-3-10(4-6-11)16-33-35(19(39)34(16)8-13(37)21(26,27)28)9-14-31-18(15(29)38)36(32-14)17-12(20(23,24)25)2-1-7-30-17/h1-7,39-40H,8-9H2,(H2,29,37);1-7H,8-9H2,(H2,29,38). The van der Waals surface area contributed by atoms with E-state index in [1.165, 1.54) is 48.5 Å². The van der Waals surface area contributed by atoms with E-state index in [2.05, 4.69) is 40.3 Å². The Morgan fingerprint density at radius 2 is 0.937 bits per heavy atom. The molecule has 6 aromatic heterocycles. The van der Waals surface area contributed by atoms with Gasteiger partial charge >= 0.3 is 36.1 Å². The van der Waals surface area contributed by atoms with E-state index in [9.17, 15) is 86.9 Å². The Morgan fingerprint density at radius 1 is 0.557 bits per heavy atom. The Bertz CT molecular complexity index is 3730. The molecule has 0 aliphatic heterocycles. The van der Waals surface area contributed by atoms with Gasteiger partial charge in [0.05, 0.1) is 13.1 Å². The molecule has 0 saturated heterocycles. The lowest BCUT2D eigenvalue weighted by Crippen LogP contribution is -2.50. The molecule has 0 bridgehead atoms. The second-order valence-electron chi connectivity index (χ2n) is 15.9. The first kappa shape index (κ1) is 57.9. The van der Waals surface area contributed by atoms with Crippen LogP contribution >= 0.6 is 23.2 Å². The van der Waals surface area contributed by atoms with Gasteiger partial charge < -0.3 is 21.7 Å². The van der Waals surface area contributed by atoms with Crippen molar-refractivity contribution in [3.63, 3.8) is 0 Å². The Balaban J connectivity index is 0.000000229. The van der Waals surface area contributed by atoms with E-state index in [0.29, 0.717) is 40.0 Å².